The van der Waals surface area contributed by atoms with Crippen molar-refractivity contribution < 1.29 is 19.1 Å². The number of hydroxylamine groups is 2. The molecule has 0 aliphatic carbocycles. The average molecular weight is 546 g/mol. The lowest BCUT2D eigenvalue weighted by molar-refractivity contribution is -0.158. The lowest BCUT2D eigenvalue weighted by atomic mass is 10.0. The number of rotatable bonds is 10. The van der Waals surface area contributed by atoms with E-state index in [-0.39, 0.29) is 11.5 Å². The van der Waals surface area contributed by atoms with Crippen LogP contribution in [0.5, 0.6) is 5.75 Å². The number of carbonyl (C=O) groups excluding carboxylic acids is 1. The monoisotopic (exact) mass is 544 g/mol. The van der Waals surface area contributed by atoms with Crippen LogP contribution in [0.1, 0.15) is 66.4 Å². The predicted molar refractivity (Wildman–Crippen MR) is 143 cm³/mol. The Morgan fingerprint density at radius 2 is 1.89 bits per heavy atom. The van der Waals surface area contributed by atoms with Crippen LogP contribution in [0.15, 0.2) is 51.9 Å². The lowest BCUT2D eigenvalue weighted by Crippen LogP contribution is -2.43. The summed E-state index contributed by atoms with van der Waals surface area (Å²) < 4.78 is 12.1. The molecule has 1 aliphatic heterocycles. The number of esters is 1. The second kappa shape index (κ2) is 11.6. The molecule has 3 rings (SSSR count). The third-order valence-electron chi connectivity index (χ3n) is 5.72. The van der Waals surface area contributed by atoms with E-state index in [0.717, 1.165) is 46.3 Å². The van der Waals surface area contributed by atoms with E-state index < -0.39 is 5.60 Å². The van der Waals surface area contributed by atoms with Gasteiger partial charge in [0.25, 0.3) is 0 Å². The highest BCUT2D eigenvalue weighted by molar-refractivity contribution is 9.10. The first-order valence-corrected chi connectivity index (χ1v) is 13.1. The number of carbonyl (C=O) groups is 1. The second-order valence-corrected chi connectivity index (χ2v) is 10.8. The van der Waals surface area contributed by atoms with Crippen molar-refractivity contribution in [2.24, 2.45) is 4.99 Å². The highest BCUT2D eigenvalue weighted by Gasteiger charge is 2.32. The summed E-state index contributed by atoms with van der Waals surface area (Å²) in [6, 6.07) is 14.1. The number of amidine groups is 1. The van der Waals surface area contributed by atoms with E-state index in [1.165, 1.54) is 0 Å². The van der Waals surface area contributed by atoms with E-state index in [4.69, 9.17) is 19.3 Å². The zero-order valence-electron chi connectivity index (χ0n) is 21.7. The fourth-order valence-electron chi connectivity index (χ4n) is 3.79. The molecule has 0 saturated carbocycles. The molecular weight excluding hydrogens is 508 g/mol. The number of nitrogens with zero attached hydrogens (tertiary/aromatic N) is 2. The molecule has 0 aromatic heterocycles. The summed E-state index contributed by atoms with van der Waals surface area (Å²) in [5, 5.41) is 1.94. The van der Waals surface area contributed by atoms with Gasteiger partial charge in [0, 0.05) is 10.9 Å². The van der Waals surface area contributed by atoms with Gasteiger partial charge in [-0.05, 0) is 75.9 Å². The van der Waals surface area contributed by atoms with Gasteiger partial charge in [0.05, 0.1) is 25.3 Å². The van der Waals surface area contributed by atoms with E-state index in [9.17, 15) is 4.79 Å². The van der Waals surface area contributed by atoms with Crippen molar-refractivity contribution in [3.8, 4) is 16.9 Å². The van der Waals surface area contributed by atoms with Crippen LogP contribution >= 0.6 is 15.9 Å². The van der Waals surface area contributed by atoms with Crippen LogP contribution in [0.2, 0.25) is 0 Å². The smallest absolute Gasteiger partial charge is 0.349 e. The minimum atomic E-state index is -1.08. The minimum absolute atomic E-state index is 0.190. The predicted octanol–water partition coefficient (Wildman–Crippen LogP) is 6.95. The fourth-order valence-corrected chi connectivity index (χ4v) is 4.26. The van der Waals surface area contributed by atoms with Crippen LogP contribution in [-0.4, -0.2) is 41.2 Å². The number of hydrogen-bond acceptors (Lipinski definition) is 6. The molecule has 2 aromatic rings. The van der Waals surface area contributed by atoms with Crippen LogP contribution in [-0.2, 0) is 20.9 Å². The Kier molecular flexibility index (Phi) is 9.00. The first kappa shape index (κ1) is 27.2. The van der Waals surface area contributed by atoms with E-state index in [0.29, 0.717) is 25.5 Å². The Morgan fingerprint density at radius 3 is 2.54 bits per heavy atom. The van der Waals surface area contributed by atoms with Gasteiger partial charge >= 0.3 is 5.97 Å². The summed E-state index contributed by atoms with van der Waals surface area (Å²) in [4.78, 5) is 23.2. The highest BCUT2D eigenvalue weighted by atomic mass is 79.9. The van der Waals surface area contributed by atoms with Crippen LogP contribution in [0.4, 0.5) is 0 Å². The molecule has 0 bridgehead atoms. The lowest BCUT2D eigenvalue weighted by Gasteiger charge is -2.35. The molecule has 35 heavy (non-hydrogen) atoms. The number of halogens is 1. The van der Waals surface area contributed by atoms with Crippen molar-refractivity contribution in [3.63, 3.8) is 0 Å². The van der Waals surface area contributed by atoms with Crippen molar-refractivity contribution in [1.29, 1.82) is 0 Å². The van der Waals surface area contributed by atoms with Crippen molar-refractivity contribution in [2.45, 2.75) is 78.5 Å². The molecule has 2 aromatic carbocycles. The quantitative estimate of drug-likeness (QED) is 0.303. The maximum atomic E-state index is 12.2. The Bertz CT molecular complexity index is 1050. The topological polar surface area (TPSA) is 60.4 Å². The normalized spacial score (nSPS) is 15.5. The number of benzene rings is 2. The highest BCUT2D eigenvalue weighted by Crippen LogP contribution is 2.33. The van der Waals surface area contributed by atoms with Crippen molar-refractivity contribution in [3.05, 3.63) is 52.5 Å². The van der Waals surface area contributed by atoms with Crippen molar-refractivity contribution >= 4 is 27.7 Å². The zero-order chi connectivity index (χ0) is 25.6. The molecule has 6 nitrogen and oxygen atoms in total. The molecule has 0 radical (unpaired) electrons. The van der Waals surface area contributed by atoms with Gasteiger partial charge in [-0.1, -0.05) is 53.5 Å². The van der Waals surface area contributed by atoms with Crippen LogP contribution in [0.3, 0.4) is 0 Å². The summed E-state index contributed by atoms with van der Waals surface area (Å²) in [6.07, 6.45) is 3.13. The molecule has 0 fully saturated rings. The molecule has 0 spiro atoms. The van der Waals surface area contributed by atoms with Gasteiger partial charge in [-0.15, -0.1) is 0 Å². The Labute approximate surface area is 217 Å². The maximum absolute atomic E-state index is 12.2. The third-order valence-corrected chi connectivity index (χ3v) is 6.41. The van der Waals surface area contributed by atoms with Gasteiger partial charge in [-0.2, -0.15) is 0 Å². The molecule has 0 amide bonds. The molecule has 1 heterocycles. The Balaban J connectivity index is 1.76. The molecule has 0 N–H and O–H groups in total. The van der Waals surface area contributed by atoms with Gasteiger partial charge in [-0.3, -0.25) is 9.83 Å². The van der Waals surface area contributed by atoms with Crippen LogP contribution in [0, 0.1) is 0 Å². The Hall–Kier alpha value is -2.38. The molecule has 1 aliphatic rings. The molecule has 7 heteroatoms. The molecule has 190 valence electrons. The van der Waals surface area contributed by atoms with E-state index in [1.54, 1.807) is 20.8 Å². The summed E-state index contributed by atoms with van der Waals surface area (Å²) in [7, 11) is 0. The second-order valence-electron chi connectivity index (χ2n) is 9.93. The van der Waals surface area contributed by atoms with Gasteiger partial charge in [0.2, 0.25) is 0 Å². The number of unbranched alkanes of at least 4 members (excludes halogenated alkanes) is 1. The number of ether oxygens (including phenoxy) is 2. The maximum Gasteiger partial charge on any atom is 0.349 e. The number of hydrogen-bond donors (Lipinski definition) is 0. The number of aliphatic imine (C=N–C) groups is 1. The zero-order valence-corrected chi connectivity index (χ0v) is 23.3. The van der Waals surface area contributed by atoms with Crippen LogP contribution in [0.25, 0.3) is 11.1 Å². The van der Waals surface area contributed by atoms with Crippen LogP contribution < -0.4 is 4.74 Å². The first-order valence-electron chi connectivity index (χ1n) is 12.3. The molecule has 0 unspecified atom stereocenters. The van der Waals surface area contributed by atoms with E-state index in [2.05, 4.69) is 61.0 Å². The third kappa shape index (κ3) is 7.31. The summed E-state index contributed by atoms with van der Waals surface area (Å²) in [5.41, 5.74) is 1.90. The Morgan fingerprint density at radius 1 is 1.17 bits per heavy atom. The molecule has 0 saturated heterocycles. The van der Waals surface area contributed by atoms with Gasteiger partial charge < -0.3 is 9.47 Å². The van der Waals surface area contributed by atoms with Gasteiger partial charge in [0.1, 0.15) is 11.6 Å². The van der Waals surface area contributed by atoms with Crippen molar-refractivity contribution in [2.75, 3.05) is 13.2 Å². The molecule has 0 atom stereocenters. The molecular formula is C28H37BrN2O4. The minimum Gasteiger partial charge on any atom is -0.476 e. The fraction of sp³-hybridized carbons (Fsp3) is 0.500. The average Bonchev–Trinajstić information content (AvgIpc) is 2.81. The van der Waals surface area contributed by atoms with Gasteiger partial charge in [0.15, 0.2) is 5.60 Å². The summed E-state index contributed by atoms with van der Waals surface area (Å²) in [6.45, 7) is 13.1. The summed E-state index contributed by atoms with van der Waals surface area (Å²) in [5.74, 6) is 1.23. The first-order chi connectivity index (χ1) is 16.5. The van der Waals surface area contributed by atoms with E-state index >= 15 is 0 Å². The standard InChI is InChI=1S/C28H37BrN2O4/c1-7-9-10-25-30-27(3,4)19-34-31(25)18-20-11-13-21(14-12-20)23-17-22(15-16-24(23)29)35-28(5,6)26(32)33-8-2/h11-17H,7-10,18-19H2,1-6H3. The van der Waals surface area contributed by atoms with Gasteiger partial charge in [-0.25, -0.2) is 9.86 Å². The summed E-state index contributed by atoms with van der Waals surface area (Å²) >= 11 is 3.65. The van der Waals surface area contributed by atoms with E-state index in [1.807, 2.05) is 23.3 Å². The largest absolute Gasteiger partial charge is 0.476 e. The SMILES string of the molecule is CCCCC1=NC(C)(C)CON1Cc1ccc(-c2cc(OC(C)(C)C(=O)OCC)ccc2Br)cc1. The van der Waals surface area contributed by atoms with Crippen molar-refractivity contribution in [1.82, 2.24) is 5.06 Å².